The summed E-state index contributed by atoms with van der Waals surface area (Å²) < 4.78 is 11.5. The molecule has 0 aliphatic carbocycles. The Morgan fingerprint density at radius 2 is 0.761 bits per heavy atom. The van der Waals surface area contributed by atoms with Gasteiger partial charge >= 0.3 is 0 Å². The average molecular weight is 623 g/mol. The van der Waals surface area contributed by atoms with Crippen LogP contribution in [-0.2, 0) is 0 Å². The Bertz CT molecular complexity index is 1600. The van der Waals surface area contributed by atoms with Crippen LogP contribution in [-0.4, -0.2) is 60.3 Å². The van der Waals surface area contributed by atoms with Crippen molar-refractivity contribution in [1.82, 2.24) is 0 Å². The molecule has 2 N–H and O–H groups in total. The van der Waals surface area contributed by atoms with Gasteiger partial charge in [-0.2, -0.15) is 0 Å². The molecular formula is C36H34N2O8. The highest BCUT2D eigenvalue weighted by Crippen LogP contribution is 2.40. The van der Waals surface area contributed by atoms with Gasteiger partial charge in [0.2, 0.25) is 0 Å². The van der Waals surface area contributed by atoms with E-state index in [1.807, 2.05) is 0 Å². The van der Waals surface area contributed by atoms with Crippen molar-refractivity contribution in [1.29, 1.82) is 0 Å². The van der Waals surface area contributed by atoms with Gasteiger partial charge in [0.15, 0.2) is 0 Å². The van der Waals surface area contributed by atoms with Crippen LogP contribution in [0, 0.1) is 0 Å². The maximum Gasteiger partial charge on any atom is 0.265 e. The second-order valence-corrected chi connectivity index (χ2v) is 11.2. The lowest BCUT2D eigenvalue weighted by Gasteiger charge is -2.32. The van der Waals surface area contributed by atoms with Gasteiger partial charge in [-0.3, -0.25) is 19.2 Å². The monoisotopic (exact) mass is 622 g/mol. The van der Waals surface area contributed by atoms with Crippen LogP contribution in [0.3, 0.4) is 0 Å². The number of aliphatic hydroxyl groups is 2. The van der Waals surface area contributed by atoms with E-state index in [4.69, 9.17) is 19.7 Å². The van der Waals surface area contributed by atoms with E-state index in [2.05, 4.69) is 0 Å². The van der Waals surface area contributed by atoms with E-state index < -0.39 is 23.6 Å². The number of amides is 4. The third-order valence-corrected chi connectivity index (χ3v) is 8.23. The fourth-order valence-corrected chi connectivity index (χ4v) is 5.89. The number of aliphatic hydroxyl groups excluding tert-OH is 2. The number of imide groups is 2. The van der Waals surface area contributed by atoms with Crippen molar-refractivity contribution in [3.05, 3.63) is 95.1 Å². The Kier molecular flexibility index (Phi) is 9.09. The fraction of sp³-hybridized carbons (Fsp3) is 0.278. The Hall–Kier alpha value is -5.06. The van der Waals surface area contributed by atoms with Crippen LogP contribution in [0.25, 0.3) is 10.8 Å². The summed E-state index contributed by atoms with van der Waals surface area (Å²) in [5.74, 6) is -0.995. The molecule has 0 saturated carbocycles. The first-order valence-corrected chi connectivity index (χ1v) is 15.5. The summed E-state index contributed by atoms with van der Waals surface area (Å²) in [7, 11) is 0. The van der Waals surface area contributed by atoms with Gasteiger partial charge in [0.25, 0.3) is 23.6 Å². The van der Waals surface area contributed by atoms with Crippen LogP contribution in [0.4, 0.5) is 11.4 Å². The molecule has 0 fully saturated rings. The molecule has 0 aromatic heterocycles. The number of rotatable bonds is 14. The highest BCUT2D eigenvalue weighted by molar-refractivity contribution is 6.42. The van der Waals surface area contributed by atoms with Gasteiger partial charge in [-0.1, -0.05) is 0 Å². The third-order valence-electron chi connectivity index (χ3n) is 8.23. The molecule has 0 spiro atoms. The number of nitrogens with zero attached hydrogens (tertiary/aromatic N) is 2. The minimum absolute atomic E-state index is 0.149. The number of unbranched alkanes of at least 4 members (excludes halogenated alkanes) is 4. The van der Waals surface area contributed by atoms with Crippen LogP contribution in [0.15, 0.2) is 72.8 Å². The van der Waals surface area contributed by atoms with Crippen molar-refractivity contribution in [3.8, 4) is 11.5 Å². The molecule has 0 atom stereocenters. The molecule has 10 heteroatoms. The summed E-state index contributed by atoms with van der Waals surface area (Å²) in [4.78, 5) is 57.2. The standard InChI is InChI=1S/C36H34N2O8/c39-19-3-1-5-21-45-25-11-7-23(8-12-25)37-33(41)27-15-17-29-32-30(18-16-28(31(27)32)34(37)42)36(44)38(35(29)43)24-9-13-26(14-10-24)46-22-6-2-4-20-40/h7-18,39-40H,1-6,19-22H2. The van der Waals surface area contributed by atoms with Gasteiger partial charge in [-0.25, -0.2) is 9.80 Å². The van der Waals surface area contributed by atoms with Gasteiger partial charge in [0, 0.05) is 46.2 Å². The fourth-order valence-electron chi connectivity index (χ4n) is 5.89. The molecule has 0 bridgehead atoms. The van der Waals surface area contributed by atoms with E-state index in [1.165, 1.54) is 24.3 Å². The Morgan fingerprint density at radius 3 is 1.07 bits per heavy atom. The molecule has 6 rings (SSSR count). The molecule has 2 heterocycles. The molecule has 10 nitrogen and oxygen atoms in total. The van der Waals surface area contributed by atoms with Crippen molar-refractivity contribution in [3.63, 3.8) is 0 Å². The van der Waals surface area contributed by atoms with E-state index in [-0.39, 0.29) is 35.5 Å². The van der Waals surface area contributed by atoms with Crippen molar-refractivity contribution >= 4 is 45.8 Å². The molecule has 2 aliphatic rings. The minimum Gasteiger partial charge on any atom is -0.494 e. The summed E-state index contributed by atoms with van der Waals surface area (Å²) in [5, 5.41) is 18.4. The predicted octanol–water partition coefficient (Wildman–Crippen LogP) is 5.52. The SMILES string of the molecule is O=C1c2ccc3c4c(ccc(c24)C(=O)N1c1ccc(OCCCCCO)cc1)C(=O)N(c1ccc(OCCCCCO)cc1)C3=O. The number of benzene rings is 4. The summed E-state index contributed by atoms with van der Waals surface area (Å²) in [5.41, 5.74) is 1.67. The van der Waals surface area contributed by atoms with Gasteiger partial charge in [-0.15, -0.1) is 0 Å². The largest absolute Gasteiger partial charge is 0.494 e. The average Bonchev–Trinajstić information content (AvgIpc) is 3.07. The lowest BCUT2D eigenvalue weighted by Crippen LogP contribution is -2.43. The predicted molar refractivity (Wildman–Crippen MR) is 172 cm³/mol. The number of hydrogen-bond acceptors (Lipinski definition) is 8. The van der Waals surface area contributed by atoms with E-state index in [1.54, 1.807) is 48.5 Å². The number of ether oxygens (including phenoxy) is 2. The van der Waals surface area contributed by atoms with E-state index in [0.29, 0.717) is 46.9 Å². The van der Waals surface area contributed by atoms with Crippen molar-refractivity contribution in [2.24, 2.45) is 0 Å². The maximum atomic E-state index is 13.8. The molecule has 4 aromatic carbocycles. The molecule has 46 heavy (non-hydrogen) atoms. The third kappa shape index (κ3) is 5.73. The number of hydrogen-bond donors (Lipinski definition) is 2. The van der Waals surface area contributed by atoms with Crippen LogP contribution in [0.1, 0.15) is 80.0 Å². The molecule has 0 saturated heterocycles. The zero-order valence-electron chi connectivity index (χ0n) is 25.2. The Morgan fingerprint density at radius 1 is 0.435 bits per heavy atom. The van der Waals surface area contributed by atoms with E-state index in [9.17, 15) is 19.2 Å². The van der Waals surface area contributed by atoms with Crippen LogP contribution in [0.2, 0.25) is 0 Å². The maximum absolute atomic E-state index is 13.8. The number of anilines is 2. The van der Waals surface area contributed by atoms with Crippen LogP contribution >= 0.6 is 0 Å². The number of carbonyl (C=O) groups excluding carboxylic acids is 4. The lowest BCUT2D eigenvalue weighted by atomic mass is 9.85. The van der Waals surface area contributed by atoms with Crippen LogP contribution in [0.5, 0.6) is 11.5 Å². The van der Waals surface area contributed by atoms with Crippen molar-refractivity contribution in [2.75, 3.05) is 36.2 Å². The molecule has 4 amide bonds. The molecular weight excluding hydrogens is 588 g/mol. The van der Waals surface area contributed by atoms with Crippen molar-refractivity contribution in [2.45, 2.75) is 38.5 Å². The van der Waals surface area contributed by atoms with E-state index in [0.717, 1.165) is 48.3 Å². The second-order valence-electron chi connectivity index (χ2n) is 11.2. The zero-order chi connectivity index (χ0) is 32.2. The molecule has 236 valence electrons. The summed E-state index contributed by atoms with van der Waals surface area (Å²) in [6.07, 6.45) is 4.74. The molecule has 0 unspecified atom stereocenters. The highest BCUT2D eigenvalue weighted by atomic mass is 16.5. The van der Waals surface area contributed by atoms with Crippen LogP contribution < -0.4 is 19.3 Å². The summed E-state index contributed by atoms with van der Waals surface area (Å²) in [6.45, 7) is 1.27. The minimum atomic E-state index is -0.548. The first kappa shape index (κ1) is 30.9. The quantitative estimate of drug-likeness (QED) is 0.139. The molecule has 0 radical (unpaired) electrons. The summed E-state index contributed by atoms with van der Waals surface area (Å²) in [6, 6.07) is 19.5. The highest BCUT2D eigenvalue weighted by Gasteiger charge is 2.40. The normalized spacial score (nSPS) is 14.0. The topological polar surface area (TPSA) is 134 Å². The van der Waals surface area contributed by atoms with E-state index >= 15 is 0 Å². The van der Waals surface area contributed by atoms with Gasteiger partial charge in [-0.05, 0) is 111 Å². The zero-order valence-corrected chi connectivity index (χ0v) is 25.2. The first-order valence-electron chi connectivity index (χ1n) is 15.5. The van der Waals surface area contributed by atoms with Gasteiger partial charge in [0.05, 0.1) is 24.6 Å². The Labute approximate surface area is 265 Å². The smallest absolute Gasteiger partial charge is 0.265 e. The summed E-state index contributed by atoms with van der Waals surface area (Å²) >= 11 is 0. The number of carbonyl (C=O) groups is 4. The van der Waals surface area contributed by atoms with Crippen molar-refractivity contribution < 1.29 is 38.9 Å². The lowest BCUT2D eigenvalue weighted by molar-refractivity contribution is 0.0873. The Balaban J connectivity index is 1.24. The molecule has 4 aromatic rings. The first-order chi connectivity index (χ1) is 22.4. The van der Waals surface area contributed by atoms with Gasteiger partial charge in [0.1, 0.15) is 11.5 Å². The second kappa shape index (κ2) is 13.5. The molecule has 2 aliphatic heterocycles. The van der Waals surface area contributed by atoms with Gasteiger partial charge < -0.3 is 19.7 Å².